The van der Waals surface area contributed by atoms with Crippen LogP contribution in [0.1, 0.15) is 52.9 Å². The van der Waals surface area contributed by atoms with Crippen molar-refractivity contribution in [1.82, 2.24) is 5.32 Å². The number of ether oxygens (including phenoxy) is 1. The lowest BCUT2D eigenvalue weighted by molar-refractivity contribution is -0.00364. The van der Waals surface area contributed by atoms with Crippen LogP contribution in [-0.2, 0) is 4.74 Å². The van der Waals surface area contributed by atoms with Crippen molar-refractivity contribution in [2.24, 2.45) is 0 Å². The normalized spacial score (nSPS) is 28.6. The summed E-state index contributed by atoms with van der Waals surface area (Å²) in [6.45, 7) is 9.19. The van der Waals surface area contributed by atoms with Crippen molar-refractivity contribution >= 4 is 6.09 Å². The van der Waals surface area contributed by atoms with Gasteiger partial charge < -0.3 is 15.2 Å². The predicted octanol–water partition coefficient (Wildman–Crippen LogP) is 2.76. The Hall–Kier alpha value is -1.03. The van der Waals surface area contributed by atoms with Crippen molar-refractivity contribution in [3.63, 3.8) is 0 Å². The van der Waals surface area contributed by atoms with E-state index in [1.54, 1.807) is 6.08 Å². The predicted molar refractivity (Wildman–Crippen MR) is 71.4 cm³/mol. The second kappa shape index (κ2) is 5.74. The standard InChI is InChI=1S/C14H25NO3/c1-5-8-14(17)9-6-11(7-10-14)15-12(16)18-13(2,3)4/h5,11,17H,1,6-10H2,2-4H3,(H,15,16)/t11-,14-. The minimum Gasteiger partial charge on any atom is -0.444 e. The van der Waals surface area contributed by atoms with Crippen LogP contribution in [0.3, 0.4) is 0 Å². The molecule has 104 valence electrons. The first-order chi connectivity index (χ1) is 8.24. The van der Waals surface area contributed by atoms with Crippen molar-refractivity contribution in [3.05, 3.63) is 12.7 Å². The van der Waals surface area contributed by atoms with Crippen molar-refractivity contribution in [3.8, 4) is 0 Å². The number of amides is 1. The smallest absolute Gasteiger partial charge is 0.407 e. The molecule has 18 heavy (non-hydrogen) atoms. The van der Waals surface area contributed by atoms with Gasteiger partial charge in [-0.25, -0.2) is 4.79 Å². The highest BCUT2D eigenvalue weighted by molar-refractivity contribution is 5.68. The summed E-state index contributed by atoms with van der Waals surface area (Å²) in [5.41, 5.74) is -1.10. The number of nitrogens with one attached hydrogen (secondary N) is 1. The Morgan fingerprint density at radius 3 is 2.50 bits per heavy atom. The fraction of sp³-hybridized carbons (Fsp3) is 0.786. The lowest BCUT2D eigenvalue weighted by Crippen LogP contribution is -2.44. The number of carbonyl (C=O) groups excluding carboxylic acids is 1. The van der Waals surface area contributed by atoms with E-state index in [0.717, 1.165) is 12.8 Å². The Bertz CT molecular complexity index is 299. The van der Waals surface area contributed by atoms with E-state index >= 15 is 0 Å². The number of rotatable bonds is 3. The van der Waals surface area contributed by atoms with E-state index in [1.165, 1.54) is 0 Å². The van der Waals surface area contributed by atoms with E-state index in [9.17, 15) is 9.90 Å². The largest absolute Gasteiger partial charge is 0.444 e. The van der Waals surface area contributed by atoms with E-state index in [-0.39, 0.29) is 12.1 Å². The molecule has 1 aliphatic carbocycles. The second-order valence-corrected chi connectivity index (χ2v) is 6.14. The fourth-order valence-corrected chi connectivity index (χ4v) is 2.25. The summed E-state index contributed by atoms with van der Waals surface area (Å²) >= 11 is 0. The third-order valence-electron chi connectivity index (χ3n) is 3.16. The van der Waals surface area contributed by atoms with Gasteiger partial charge in [-0.1, -0.05) is 6.08 Å². The molecule has 0 aliphatic heterocycles. The average Bonchev–Trinajstić information content (AvgIpc) is 2.19. The van der Waals surface area contributed by atoms with Crippen LogP contribution in [0.2, 0.25) is 0 Å². The summed E-state index contributed by atoms with van der Waals surface area (Å²) in [6, 6.07) is 0.102. The molecule has 0 aromatic carbocycles. The van der Waals surface area contributed by atoms with Crippen LogP contribution < -0.4 is 5.32 Å². The maximum absolute atomic E-state index is 11.6. The highest BCUT2D eigenvalue weighted by Gasteiger charge is 2.33. The van der Waals surface area contributed by atoms with Crippen molar-refractivity contribution in [2.45, 2.75) is 70.1 Å². The second-order valence-electron chi connectivity index (χ2n) is 6.14. The first kappa shape index (κ1) is 15.0. The van der Waals surface area contributed by atoms with Gasteiger partial charge in [-0.2, -0.15) is 0 Å². The van der Waals surface area contributed by atoms with E-state index < -0.39 is 11.2 Å². The van der Waals surface area contributed by atoms with Crippen LogP contribution in [0.15, 0.2) is 12.7 Å². The minimum absolute atomic E-state index is 0.102. The van der Waals surface area contributed by atoms with Crippen LogP contribution in [0, 0.1) is 0 Å². The molecule has 1 rings (SSSR count). The number of alkyl carbamates (subject to hydrolysis) is 1. The van der Waals surface area contributed by atoms with Gasteiger partial charge in [0.25, 0.3) is 0 Å². The molecule has 1 saturated carbocycles. The zero-order valence-electron chi connectivity index (χ0n) is 11.7. The van der Waals surface area contributed by atoms with Gasteiger partial charge in [-0.15, -0.1) is 6.58 Å². The third-order valence-corrected chi connectivity index (χ3v) is 3.16. The lowest BCUT2D eigenvalue weighted by atomic mass is 9.80. The number of aliphatic hydroxyl groups is 1. The van der Waals surface area contributed by atoms with E-state index in [4.69, 9.17) is 4.74 Å². The Kier molecular flexibility index (Phi) is 4.79. The molecule has 0 aromatic rings. The summed E-state index contributed by atoms with van der Waals surface area (Å²) in [5.74, 6) is 0. The summed E-state index contributed by atoms with van der Waals surface area (Å²) in [6.07, 6.45) is 4.95. The molecule has 0 aromatic heterocycles. The van der Waals surface area contributed by atoms with Crippen LogP contribution >= 0.6 is 0 Å². The summed E-state index contributed by atoms with van der Waals surface area (Å²) in [5, 5.41) is 13.1. The molecule has 4 nitrogen and oxygen atoms in total. The number of carbonyl (C=O) groups is 1. The fourth-order valence-electron chi connectivity index (χ4n) is 2.25. The summed E-state index contributed by atoms with van der Waals surface area (Å²) in [7, 11) is 0. The molecule has 0 radical (unpaired) electrons. The Morgan fingerprint density at radius 1 is 1.50 bits per heavy atom. The summed E-state index contributed by atoms with van der Waals surface area (Å²) in [4.78, 5) is 11.6. The zero-order valence-corrected chi connectivity index (χ0v) is 11.7. The highest BCUT2D eigenvalue weighted by Crippen LogP contribution is 2.31. The molecule has 0 spiro atoms. The monoisotopic (exact) mass is 255 g/mol. The molecule has 0 saturated heterocycles. The van der Waals surface area contributed by atoms with Gasteiger partial charge in [0.05, 0.1) is 5.60 Å². The van der Waals surface area contributed by atoms with Crippen LogP contribution in [0.25, 0.3) is 0 Å². The minimum atomic E-state index is -0.631. The molecular formula is C14H25NO3. The SMILES string of the molecule is C=CC[C@]1(O)CC[C@H](NC(=O)OC(C)(C)C)CC1. The zero-order chi connectivity index (χ0) is 13.8. The van der Waals surface area contributed by atoms with Gasteiger partial charge >= 0.3 is 6.09 Å². The molecular weight excluding hydrogens is 230 g/mol. The average molecular weight is 255 g/mol. The maximum atomic E-state index is 11.6. The van der Waals surface area contributed by atoms with Crippen LogP contribution in [0.4, 0.5) is 4.79 Å². The third kappa shape index (κ3) is 5.08. The van der Waals surface area contributed by atoms with Gasteiger partial charge in [-0.05, 0) is 52.9 Å². The maximum Gasteiger partial charge on any atom is 0.407 e. The summed E-state index contributed by atoms with van der Waals surface area (Å²) < 4.78 is 5.21. The quantitative estimate of drug-likeness (QED) is 0.762. The molecule has 0 unspecified atom stereocenters. The van der Waals surface area contributed by atoms with Gasteiger partial charge in [0.1, 0.15) is 5.60 Å². The molecule has 0 bridgehead atoms. The lowest BCUT2D eigenvalue weighted by Gasteiger charge is -2.35. The van der Waals surface area contributed by atoms with Crippen molar-refractivity contribution < 1.29 is 14.6 Å². The van der Waals surface area contributed by atoms with Gasteiger partial charge in [0.15, 0.2) is 0 Å². The van der Waals surface area contributed by atoms with Gasteiger partial charge in [0, 0.05) is 6.04 Å². The highest BCUT2D eigenvalue weighted by atomic mass is 16.6. The van der Waals surface area contributed by atoms with Crippen molar-refractivity contribution in [2.75, 3.05) is 0 Å². The van der Waals surface area contributed by atoms with Crippen molar-refractivity contribution in [1.29, 1.82) is 0 Å². The molecule has 0 heterocycles. The van der Waals surface area contributed by atoms with E-state index in [2.05, 4.69) is 11.9 Å². The molecule has 1 amide bonds. The molecule has 1 aliphatic rings. The first-order valence-corrected chi connectivity index (χ1v) is 6.57. The van der Waals surface area contributed by atoms with Gasteiger partial charge in [-0.3, -0.25) is 0 Å². The van der Waals surface area contributed by atoms with E-state index in [1.807, 2.05) is 20.8 Å². The number of hydrogen-bond acceptors (Lipinski definition) is 3. The topological polar surface area (TPSA) is 58.6 Å². The Morgan fingerprint density at radius 2 is 2.06 bits per heavy atom. The molecule has 1 fully saturated rings. The molecule has 2 N–H and O–H groups in total. The Balaban J connectivity index is 2.35. The van der Waals surface area contributed by atoms with Crippen LogP contribution in [0.5, 0.6) is 0 Å². The Labute approximate surface area is 109 Å². The van der Waals surface area contributed by atoms with Crippen LogP contribution in [-0.4, -0.2) is 28.4 Å². The molecule has 4 heteroatoms. The van der Waals surface area contributed by atoms with E-state index in [0.29, 0.717) is 19.3 Å². The first-order valence-electron chi connectivity index (χ1n) is 6.57. The number of hydrogen-bond donors (Lipinski definition) is 2. The van der Waals surface area contributed by atoms with Gasteiger partial charge in [0.2, 0.25) is 0 Å². The molecule has 0 atom stereocenters.